The van der Waals surface area contributed by atoms with E-state index in [4.69, 9.17) is 0 Å². The van der Waals surface area contributed by atoms with Gasteiger partial charge < -0.3 is 5.32 Å². The molecular formula is C23H17F3N6O. The molecule has 0 unspecified atom stereocenters. The fourth-order valence-corrected chi connectivity index (χ4v) is 3.93. The lowest BCUT2D eigenvalue weighted by atomic mass is 10.0. The van der Waals surface area contributed by atoms with Gasteiger partial charge in [0.25, 0.3) is 5.56 Å². The highest BCUT2D eigenvalue weighted by Gasteiger charge is 2.34. The molecule has 0 spiro atoms. The van der Waals surface area contributed by atoms with Crippen LogP contribution in [0.5, 0.6) is 0 Å². The Morgan fingerprint density at radius 3 is 2.61 bits per heavy atom. The smallest absolute Gasteiger partial charge is 0.360 e. The lowest BCUT2D eigenvalue weighted by Crippen LogP contribution is -2.27. The molecule has 0 amide bonds. The van der Waals surface area contributed by atoms with Gasteiger partial charge in [-0.25, -0.2) is 14.5 Å². The van der Waals surface area contributed by atoms with Crippen LogP contribution in [0.4, 0.5) is 19.0 Å². The van der Waals surface area contributed by atoms with E-state index in [1.54, 1.807) is 47.1 Å². The molecule has 0 aliphatic carbocycles. The van der Waals surface area contributed by atoms with Crippen LogP contribution in [0.1, 0.15) is 24.2 Å². The molecule has 0 aliphatic rings. The number of anilines is 1. The number of fused-ring (bicyclic) bond motifs is 2. The minimum absolute atomic E-state index is 0.211. The second kappa shape index (κ2) is 7.73. The molecule has 1 N–H and O–H groups in total. The Hall–Kier alpha value is -4.21. The van der Waals surface area contributed by atoms with Crippen molar-refractivity contribution in [3.63, 3.8) is 0 Å². The predicted octanol–water partition coefficient (Wildman–Crippen LogP) is 4.62. The number of para-hydroxylation sites is 1. The molecule has 5 rings (SSSR count). The Morgan fingerprint density at radius 2 is 1.85 bits per heavy atom. The minimum Gasteiger partial charge on any atom is -0.360 e. The summed E-state index contributed by atoms with van der Waals surface area (Å²) in [5, 5.41) is 7.16. The van der Waals surface area contributed by atoms with Crippen molar-refractivity contribution in [1.82, 2.24) is 24.1 Å². The van der Waals surface area contributed by atoms with E-state index >= 15 is 0 Å². The van der Waals surface area contributed by atoms with Crippen molar-refractivity contribution >= 4 is 22.1 Å². The number of hydrogen-bond acceptors (Lipinski definition) is 5. The zero-order valence-electron chi connectivity index (χ0n) is 17.3. The normalized spacial score (nSPS) is 12.8. The summed E-state index contributed by atoms with van der Waals surface area (Å²) in [4.78, 5) is 21.9. The van der Waals surface area contributed by atoms with Crippen LogP contribution in [-0.4, -0.2) is 24.1 Å². The summed E-state index contributed by atoms with van der Waals surface area (Å²) in [6.45, 7) is 1.81. The van der Waals surface area contributed by atoms with Crippen LogP contribution in [0.2, 0.25) is 0 Å². The topological polar surface area (TPSA) is 77.1 Å². The van der Waals surface area contributed by atoms with Gasteiger partial charge in [0.1, 0.15) is 18.2 Å². The summed E-state index contributed by atoms with van der Waals surface area (Å²) in [5.41, 5.74) is -0.138. The highest BCUT2D eigenvalue weighted by molar-refractivity contribution is 5.86. The molecule has 0 fully saturated rings. The molecule has 10 heteroatoms. The van der Waals surface area contributed by atoms with Crippen molar-refractivity contribution in [3.8, 4) is 5.69 Å². The zero-order valence-corrected chi connectivity index (χ0v) is 17.3. The number of halogens is 3. The van der Waals surface area contributed by atoms with Gasteiger partial charge >= 0.3 is 6.18 Å². The minimum atomic E-state index is -4.66. The first-order valence-corrected chi connectivity index (χ1v) is 10.1. The van der Waals surface area contributed by atoms with E-state index in [1.165, 1.54) is 29.4 Å². The molecule has 5 aromatic rings. The van der Waals surface area contributed by atoms with E-state index in [-0.39, 0.29) is 10.8 Å². The Bertz CT molecular complexity index is 1520. The van der Waals surface area contributed by atoms with Gasteiger partial charge in [0.05, 0.1) is 23.2 Å². The second-order valence-corrected chi connectivity index (χ2v) is 7.51. The fraction of sp³-hybridized carbons (Fsp3) is 0.130. The molecule has 2 aromatic carbocycles. The van der Waals surface area contributed by atoms with Crippen molar-refractivity contribution in [2.75, 3.05) is 5.32 Å². The van der Waals surface area contributed by atoms with Crippen molar-refractivity contribution in [3.05, 3.63) is 95.1 Å². The average Bonchev–Trinajstić information content (AvgIpc) is 3.28. The highest BCUT2D eigenvalue weighted by atomic mass is 19.4. The molecule has 33 heavy (non-hydrogen) atoms. The average molecular weight is 450 g/mol. The number of benzene rings is 2. The van der Waals surface area contributed by atoms with Crippen molar-refractivity contribution in [2.45, 2.75) is 19.1 Å². The molecule has 7 nitrogen and oxygen atoms in total. The third kappa shape index (κ3) is 3.59. The molecule has 0 bridgehead atoms. The van der Waals surface area contributed by atoms with Gasteiger partial charge in [-0.2, -0.15) is 18.3 Å². The van der Waals surface area contributed by atoms with E-state index in [0.717, 1.165) is 6.07 Å². The molecule has 166 valence electrons. The SMILES string of the molecule is C[C@H](Nc1ncnn2cncc12)c1cc2cccc(C(F)(F)F)c2c(=O)n1-c1ccccc1. The summed E-state index contributed by atoms with van der Waals surface area (Å²) in [6, 6.07) is 13.4. The zero-order chi connectivity index (χ0) is 23.2. The van der Waals surface area contributed by atoms with Gasteiger partial charge in [-0.1, -0.05) is 30.3 Å². The number of aromatic nitrogens is 5. The van der Waals surface area contributed by atoms with Gasteiger partial charge in [0, 0.05) is 11.4 Å². The quantitative estimate of drug-likeness (QED) is 0.432. The number of imidazole rings is 1. The first kappa shape index (κ1) is 20.7. The molecule has 0 saturated carbocycles. The third-order valence-electron chi connectivity index (χ3n) is 5.42. The Balaban J connectivity index is 1.74. The molecule has 3 heterocycles. The molecule has 0 aliphatic heterocycles. The van der Waals surface area contributed by atoms with E-state index in [9.17, 15) is 18.0 Å². The molecule has 0 saturated heterocycles. The molecule has 0 radical (unpaired) electrons. The number of rotatable bonds is 4. The fourth-order valence-electron chi connectivity index (χ4n) is 3.93. The summed E-state index contributed by atoms with van der Waals surface area (Å²) >= 11 is 0. The molecule has 1 atom stereocenters. The van der Waals surface area contributed by atoms with Crippen LogP contribution in [0.3, 0.4) is 0 Å². The maximum Gasteiger partial charge on any atom is 0.417 e. The largest absolute Gasteiger partial charge is 0.417 e. The lowest BCUT2D eigenvalue weighted by molar-refractivity contribution is -0.136. The number of pyridine rings is 1. The van der Waals surface area contributed by atoms with Crippen molar-refractivity contribution in [2.24, 2.45) is 0 Å². The van der Waals surface area contributed by atoms with Gasteiger partial charge in [0.15, 0.2) is 5.82 Å². The first-order valence-electron chi connectivity index (χ1n) is 10.1. The van der Waals surface area contributed by atoms with Crippen LogP contribution in [0.15, 0.2) is 78.2 Å². The van der Waals surface area contributed by atoms with Crippen LogP contribution in [0, 0.1) is 0 Å². The number of hydrogen-bond donors (Lipinski definition) is 1. The van der Waals surface area contributed by atoms with E-state index in [0.29, 0.717) is 22.7 Å². The number of nitrogens with one attached hydrogen (secondary N) is 1. The number of nitrogens with zero attached hydrogens (tertiary/aromatic N) is 5. The number of alkyl halides is 3. The maximum absolute atomic E-state index is 13.7. The monoisotopic (exact) mass is 450 g/mol. The first-order chi connectivity index (χ1) is 15.8. The maximum atomic E-state index is 13.7. The molecular weight excluding hydrogens is 433 g/mol. The summed E-state index contributed by atoms with van der Waals surface area (Å²) < 4.78 is 44.0. The third-order valence-corrected chi connectivity index (χ3v) is 5.42. The Labute approximate surface area is 185 Å². The standard InChI is InChI=1S/C23H17F3N6O/c1-14(30-21-19-11-27-13-31(19)29-12-28-21)18-10-15-6-5-9-17(23(24,25)26)20(15)22(33)32(18)16-7-3-2-4-8-16/h2-14H,1H3,(H,28,29,30)/t14-/m0/s1. The van der Waals surface area contributed by atoms with Crippen molar-refractivity contribution in [1.29, 1.82) is 0 Å². The lowest BCUT2D eigenvalue weighted by Gasteiger charge is -2.22. The van der Waals surface area contributed by atoms with Gasteiger partial charge in [0.2, 0.25) is 0 Å². The predicted molar refractivity (Wildman–Crippen MR) is 117 cm³/mol. The van der Waals surface area contributed by atoms with Crippen LogP contribution < -0.4 is 10.9 Å². The summed E-state index contributed by atoms with van der Waals surface area (Å²) in [7, 11) is 0. The second-order valence-electron chi connectivity index (χ2n) is 7.51. The Kier molecular flexibility index (Phi) is 4.85. The van der Waals surface area contributed by atoms with Gasteiger partial charge in [-0.05, 0) is 36.6 Å². The van der Waals surface area contributed by atoms with E-state index in [1.807, 2.05) is 6.92 Å². The van der Waals surface area contributed by atoms with Crippen LogP contribution in [-0.2, 0) is 6.18 Å². The summed E-state index contributed by atoms with van der Waals surface area (Å²) in [6.07, 6.45) is -0.173. The van der Waals surface area contributed by atoms with E-state index < -0.39 is 23.3 Å². The van der Waals surface area contributed by atoms with Crippen molar-refractivity contribution < 1.29 is 13.2 Å². The van der Waals surface area contributed by atoms with Gasteiger partial charge in [-0.15, -0.1) is 0 Å². The molecule has 3 aromatic heterocycles. The highest BCUT2D eigenvalue weighted by Crippen LogP contribution is 2.34. The Morgan fingerprint density at radius 1 is 1.06 bits per heavy atom. The van der Waals surface area contributed by atoms with E-state index in [2.05, 4.69) is 20.4 Å². The van der Waals surface area contributed by atoms with Crippen LogP contribution in [0.25, 0.3) is 22.0 Å². The van der Waals surface area contributed by atoms with Gasteiger partial charge in [-0.3, -0.25) is 9.36 Å². The van der Waals surface area contributed by atoms with Crippen LogP contribution >= 0.6 is 0 Å². The summed E-state index contributed by atoms with van der Waals surface area (Å²) in [5.74, 6) is 0.478.